The first kappa shape index (κ1) is 13.9. The molecule has 0 radical (unpaired) electrons. The van der Waals surface area contributed by atoms with Gasteiger partial charge in [0.05, 0.1) is 12.2 Å². The first-order valence-corrected chi connectivity index (χ1v) is 5.67. The molecule has 0 aliphatic heterocycles. The summed E-state index contributed by atoms with van der Waals surface area (Å²) in [5.41, 5.74) is 0.219. The second kappa shape index (κ2) is 5.64. The van der Waals surface area contributed by atoms with E-state index >= 15 is 0 Å². The molecule has 2 rings (SSSR count). The van der Waals surface area contributed by atoms with E-state index in [2.05, 4.69) is 0 Å². The van der Waals surface area contributed by atoms with Gasteiger partial charge in [-0.05, 0) is 35.9 Å². The van der Waals surface area contributed by atoms with E-state index in [4.69, 9.17) is 5.11 Å². The van der Waals surface area contributed by atoms with E-state index in [1.807, 2.05) is 0 Å². The molecule has 0 unspecified atom stereocenters. The number of rotatable bonds is 3. The smallest absolute Gasteiger partial charge is 0.412 e. The topological polar surface area (TPSA) is 40.5 Å². The van der Waals surface area contributed by atoms with Gasteiger partial charge >= 0.3 is 6.09 Å². The van der Waals surface area contributed by atoms with Crippen LogP contribution >= 0.6 is 0 Å². The monoisotopic (exact) mass is 281 g/mol. The van der Waals surface area contributed by atoms with Crippen LogP contribution in [0.3, 0.4) is 0 Å². The molecule has 0 atom stereocenters. The van der Waals surface area contributed by atoms with Crippen molar-refractivity contribution in [2.75, 3.05) is 4.90 Å². The number of carboxylic acid groups (broad SMARTS) is 1. The Labute approximate surface area is 112 Å². The van der Waals surface area contributed by atoms with Crippen molar-refractivity contribution in [1.82, 2.24) is 0 Å². The van der Waals surface area contributed by atoms with Crippen molar-refractivity contribution < 1.29 is 23.1 Å². The lowest BCUT2D eigenvalue weighted by molar-refractivity contribution is 0.201. The largest absolute Gasteiger partial charge is 0.465 e. The summed E-state index contributed by atoms with van der Waals surface area (Å²) in [4.78, 5) is 12.0. The second-order valence-corrected chi connectivity index (χ2v) is 4.13. The molecule has 0 saturated carbocycles. The van der Waals surface area contributed by atoms with Crippen LogP contribution in [0.1, 0.15) is 5.56 Å². The molecule has 0 heterocycles. The zero-order valence-corrected chi connectivity index (χ0v) is 10.2. The maximum absolute atomic E-state index is 13.1. The van der Waals surface area contributed by atoms with Crippen LogP contribution < -0.4 is 4.90 Å². The quantitative estimate of drug-likeness (QED) is 0.929. The van der Waals surface area contributed by atoms with Gasteiger partial charge in [-0.2, -0.15) is 0 Å². The third-order valence-corrected chi connectivity index (χ3v) is 2.61. The molecule has 0 aliphatic carbocycles. The number of anilines is 1. The Balaban J connectivity index is 2.33. The van der Waals surface area contributed by atoms with Crippen LogP contribution in [-0.4, -0.2) is 11.2 Å². The van der Waals surface area contributed by atoms with E-state index in [1.54, 1.807) is 0 Å². The van der Waals surface area contributed by atoms with E-state index in [9.17, 15) is 18.0 Å². The number of halogens is 3. The minimum atomic E-state index is -1.35. The van der Waals surface area contributed by atoms with E-state index in [0.717, 1.165) is 23.1 Å². The van der Waals surface area contributed by atoms with Gasteiger partial charge in [0.2, 0.25) is 0 Å². The van der Waals surface area contributed by atoms with E-state index in [-0.39, 0.29) is 17.8 Å². The zero-order chi connectivity index (χ0) is 14.7. The highest BCUT2D eigenvalue weighted by molar-refractivity contribution is 5.85. The molecule has 2 aromatic carbocycles. The molecule has 20 heavy (non-hydrogen) atoms. The zero-order valence-electron chi connectivity index (χ0n) is 10.2. The van der Waals surface area contributed by atoms with Crippen molar-refractivity contribution in [3.05, 3.63) is 65.5 Å². The summed E-state index contributed by atoms with van der Waals surface area (Å²) in [5, 5.41) is 9.13. The third kappa shape index (κ3) is 3.28. The van der Waals surface area contributed by atoms with Crippen LogP contribution in [0.5, 0.6) is 0 Å². The summed E-state index contributed by atoms with van der Waals surface area (Å²) < 4.78 is 39.3. The van der Waals surface area contributed by atoms with Crippen molar-refractivity contribution >= 4 is 11.8 Å². The predicted octanol–water partition coefficient (Wildman–Crippen LogP) is 3.79. The molecule has 0 bridgehead atoms. The molecule has 1 amide bonds. The van der Waals surface area contributed by atoms with Crippen LogP contribution in [0, 0.1) is 17.5 Å². The van der Waals surface area contributed by atoms with Crippen LogP contribution in [0.15, 0.2) is 42.5 Å². The Morgan fingerprint density at radius 2 is 1.65 bits per heavy atom. The highest BCUT2D eigenvalue weighted by Crippen LogP contribution is 2.19. The molecule has 3 nitrogen and oxygen atoms in total. The minimum absolute atomic E-state index is 0.0853. The number of amides is 1. The highest BCUT2D eigenvalue weighted by atomic mass is 19.1. The molecule has 0 aromatic heterocycles. The van der Waals surface area contributed by atoms with Crippen molar-refractivity contribution in [2.24, 2.45) is 0 Å². The average Bonchev–Trinajstić information content (AvgIpc) is 2.34. The summed E-state index contributed by atoms with van der Waals surface area (Å²) in [6.45, 7) is -0.284. The van der Waals surface area contributed by atoms with Crippen LogP contribution in [0.2, 0.25) is 0 Å². The van der Waals surface area contributed by atoms with E-state index in [1.165, 1.54) is 18.2 Å². The molecule has 0 spiro atoms. The number of nitrogens with zero attached hydrogens (tertiary/aromatic N) is 1. The molecule has 104 valence electrons. The lowest BCUT2D eigenvalue weighted by Crippen LogP contribution is -2.28. The fourth-order valence-electron chi connectivity index (χ4n) is 1.80. The minimum Gasteiger partial charge on any atom is -0.465 e. The SMILES string of the molecule is O=C(O)N(Cc1cc(F)cc(F)c1)c1cccc(F)c1. The first-order chi connectivity index (χ1) is 9.45. The van der Waals surface area contributed by atoms with Crippen molar-refractivity contribution in [3.8, 4) is 0 Å². The molecule has 6 heteroatoms. The van der Waals surface area contributed by atoms with Gasteiger partial charge in [-0.25, -0.2) is 18.0 Å². The summed E-state index contributed by atoms with van der Waals surface area (Å²) in [5.74, 6) is -2.20. The number of carbonyl (C=O) groups is 1. The van der Waals surface area contributed by atoms with Crippen LogP contribution in [0.25, 0.3) is 0 Å². The summed E-state index contributed by atoms with van der Waals surface area (Å²) in [7, 11) is 0. The fourth-order valence-corrected chi connectivity index (χ4v) is 1.80. The number of benzene rings is 2. The van der Waals surface area contributed by atoms with E-state index < -0.39 is 23.5 Å². The maximum Gasteiger partial charge on any atom is 0.412 e. The van der Waals surface area contributed by atoms with Gasteiger partial charge in [-0.3, -0.25) is 4.90 Å². The Hall–Kier alpha value is -2.50. The van der Waals surface area contributed by atoms with Crippen molar-refractivity contribution in [2.45, 2.75) is 6.54 Å². The summed E-state index contributed by atoms with van der Waals surface area (Å²) >= 11 is 0. The molecule has 2 aromatic rings. The van der Waals surface area contributed by atoms with Gasteiger partial charge in [-0.15, -0.1) is 0 Å². The van der Waals surface area contributed by atoms with Crippen molar-refractivity contribution in [3.63, 3.8) is 0 Å². The Morgan fingerprint density at radius 1 is 1.00 bits per heavy atom. The molecular formula is C14H10F3NO2. The average molecular weight is 281 g/mol. The standard InChI is InChI=1S/C14H10F3NO2/c15-10-2-1-3-13(7-10)18(14(19)20)8-9-4-11(16)6-12(17)5-9/h1-7H,8H2,(H,19,20). The molecule has 0 fully saturated rings. The maximum atomic E-state index is 13.1. The highest BCUT2D eigenvalue weighted by Gasteiger charge is 2.16. The van der Waals surface area contributed by atoms with E-state index in [0.29, 0.717) is 6.07 Å². The Kier molecular flexibility index (Phi) is 3.93. The predicted molar refractivity (Wildman–Crippen MR) is 67.0 cm³/mol. The Bertz CT molecular complexity index is 626. The molecule has 0 saturated heterocycles. The normalized spacial score (nSPS) is 10.3. The number of hydrogen-bond donors (Lipinski definition) is 1. The number of hydrogen-bond acceptors (Lipinski definition) is 1. The van der Waals surface area contributed by atoms with Gasteiger partial charge in [-0.1, -0.05) is 6.07 Å². The van der Waals surface area contributed by atoms with Gasteiger partial charge in [0.15, 0.2) is 0 Å². The lowest BCUT2D eigenvalue weighted by Gasteiger charge is -2.19. The van der Waals surface area contributed by atoms with Gasteiger partial charge < -0.3 is 5.11 Å². The van der Waals surface area contributed by atoms with Crippen LogP contribution in [0.4, 0.5) is 23.7 Å². The van der Waals surface area contributed by atoms with Crippen LogP contribution in [-0.2, 0) is 6.54 Å². The third-order valence-electron chi connectivity index (χ3n) is 2.61. The van der Waals surface area contributed by atoms with Gasteiger partial charge in [0, 0.05) is 6.07 Å². The molecule has 1 N–H and O–H groups in total. The first-order valence-electron chi connectivity index (χ1n) is 5.67. The summed E-state index contributed by atoms with van der Waals surface area (Å²) in [6.07, 6.45) is -1.35. The molecule has 0 aliphatic rings. The molecular weight excluding hydrogens is 271 g/mol. The lowest BCUT2D eigenvalue weighted by atomic mass is 10.2. The second-order valence-electron chi connectivity index (χ2n) is 4.13. The Morgan fingerprint density at radius 3 is 2.20 bits per heavy atom. The van der Waals surface area contributed by atoms with Gasteiger partial charge in [0.25, 0.3) is 0 Å². The van der Waals surface area contributed by atoms with Gasteiger partial charge in [0.1, 0.15) is 17.5 Å². The fraction of sp³-hybridized carbons (Fsp3) is 0.0714. The summed E-state index contributed by atoms with van der Waals surface area (Å²) in [6, 6.07) is 7.70. The van der Waals surface area contributed by atoms with Crippen molar-refractivity contribution in [1.29, 1.82) is 0 Å².